The Bertz CT molecular complexity index is 274. The summed E-state index contributed by atoms with van der Waals surface area (Å²) in [6.45, 7) is 10.7. The smallest absolute Gasteiger partial charge is 0.157 e. The second-order valence-corrected chi connectivity index (χ2v) is 12.0. The molecule has 0 aliphatic rings. The van der Waals surface area contributed by atoms with Crippen LogP contribution in [0.1, 0.15) is 20.8 Å². The molecule has 0 saturated carbocycles. The Kier molecular flexibility index (Phi) is 3.64. The summed E-state index contributed by atoms with van der Waals surface area (Å²) in [5.41, 5.74) is 0. The first-order chi connectivity index (χ1) is 5.40. The van der Waals surface area contributed by atoms with Crippen molar-refractivity contribution in [3.8, 4) is 0 Å². The van der Waals surface area contributed by atoms with Crippen LogP contribution in [0.4, 0.5) is 0 Å². The number of hydrogen-bond donors (Lipinski definition) is 0. The van der Waals surface area contributed by atoms with Crippen LogP contribution in [-0.2, 0) is 9.13 Å². The van der Waals surface area contributed by atoms with Gasteiger partial charge in [0, 0.05) is 32.2 Å². The fourth-order valence-corrected chi connectivity index (χ4v) is 5.81. The van der Waals surface area contributed by atoms with Gasteiger partial charge in [-0.25, -0.2) is 4.44 Å². The van der Waals surface area contributed by atoms with Gasteiger partial charge in [-0.05, 0) is 0 Å². The van der Waals surface area contributed by atoms with Crippen LogP contribution in [-0.4, -0.2) is 36.6 Å². The fraction of sp³-hybridized carbons (Fsp3) is 1.00. The molecule has 0 aromatic carbocycles. The Morgan fingerprint density at radius 2 is 1.31 bits per heavy atom. The van der Waals surface area contributed by atoms with Crippen molar-refractivity contribution < 1.29 is 9.13 Å². The zero-order chi connectivity index (χ0) is 11.1. The summed E-state index contributed by atoms with van der Waals surface area (Å²) in [7, 11) is -3.24. The standard InChI is InChI=1S/C8H21NO2P2/c1-8(2,3)13(7,11)9(4)12(5,6)10/h1-7H3. The van der Waals surface area contributed by atoms with E-state index in [-0.39, 0.29) is 5.16 Å². The van der Waals surface area contributed by atoms with E-state index in [0.29, 0.717) is 0 Å². The van der Waals surface area contributed by atoms with Crippen molar-refractivity contribution >= 4 is 14.6 Å². The SMILES string of the molecule is CN(P(C)(C)=O)P(C)(=O)C(C)(C)C. The van der Waals surface area contributed by atoms with Crippen LogP contribution in [0.25, 0.3) is 0 Å². The first kappa shape index (κ1) is 13.4. The zero-order valence-corrected chi connectivity index (χ0v) is 11.4. The van der Waals surface area contributed by atoms with Crippen molar-refractivity contribution in [2.45, 2.75) is 25.9 Å². The van der Waals surface area contributed by atoms with Gasteiger partial charge in [-0.1, -0.05) is 20.8 Å². The summed E-state index contributed by atoms with van der Waals surface area (Å²) in [5.74, 6) is 0. The van der Waals surface area contributed by atoms with E-state index in [2.05, 4.69) is 0 Å². The molecule has 0 saturated heterocycles. The molecule has 1 atom stereocenters. The average molecular weight is 225 g/mol. The molecule has 0 fully saturated rings. The first-order valence-electron chi connectivity index (χ1n) is 4.28. The number of nitrogens with zero attached hydrogens (tertiary/aromatic N) is 1. The molecule has 0 aromatic heterocycles. The average Bonchev–Trinajstić information content (AvgIpc) is 1.81. The molecule has 0 rings (SSSR count). The van der Waals surface area contributed by atoms with Crippen LogP contribution in [0.15, 0.2) is 0 Å². The minimum absolute atomic E-state index is 0.316. The third-order valence-corrected chi connectivity index (χ3v) is 9.80. The molecule has 0 amide bonds. The van der Waals surface area contributed by atoms with Crippen LogP contribution in [0, 0.1) is 0 Å². The predicted octanol–water partition coefficient (Wildman–Crippen LogP) is 3.16. The van der Waals surface area contributed by atoms with E-state index in [1.165, 1.54) is 0 Å². The second kappa shape index (κ2) is 3.53. The maximum absolute atomic E-state index is 12.3. The van der Waals surface area contributed by atoms with Gasteiger partial charge in [0.2, 0.25) is 0 Å². The highest BCUT2D eigenvalue weighted by atomic mass is 31.2. The first-order valence-corrected chi connectivity index (χ1v) is 8.94. The molecule has 1 unspecified atom stereocenters. The van der Waals surface area contributed by atoms with Crippen molar-refractivity contribution in [1.82, 2.24) is 4.44 Å². The molecule has 0 heterocycles. The maximum Gasteiger partial charge on any atom is 0.157 e. The lowest BCUT2D eigenvalue weighted by Gasteiger charge is -2.37. The summed E-state index contributed by atoms with van der Waals surface area (Å²) in [6, 6.07) is 0. The van der Waals surface area contributed by atoms with Crippen LogP contribution in [0.5, 0.6) is 0 Å². The van der Waals surface area contributed by atoms with Crippen molar-refractivity contribution in [2.24, 2.45) is 0 Å². The van der Waals surface area contributed by atoms with Crippen molar-refractivity contribution in [3.05, 3.63) is 0 Å². The summed E-state index contributed by atoms with van der Waals surface area (Å²) in [4.78, 5) is 0. The van der Waals surface area contributed by atoms with Crippen molar-refractivity contribution in [3.63, 3.8) is 0 Å². The molecule has 80 valence electrons. The lowest BCUT2D eigenvalue weighted by atomic mass is 10.3. The molecular formula is C8H21NO2P2. The molecule has 3 nitrogen and oxygen atoms in total. The molecule has 0 spiro atoms. The molecule has 13 heavy (non-hydrogen) atoms. The van der Waals surface area contributed by atoms with Gasteiger partial charge in [0.05, 0.1) is 0 Å². The lowest BCUT2D eigenvalue weighted by Crippen LogP contribution is -2.24. The normalized spacial score (nSPS) is 18.8. The molecule has 0 aliphatic heterocycles. The molecule has 5 heteroatoms. The van der Waals surface area contributed by atoms with Crippen molar-refractivity contribution in [1.29, 1.82) is 0 Å². The minimum atomic E-state index is -2.52. The summed E-state index contributed by atoms with van der Waals surface area (Å²) in [6.07, 6.45) is 0. The minimum Gasteiger partial charge on any atom is -0.307 e. The van der Waals surface area contributed by atoms with Gasteiger partial charge >= 0.3 is 0 Å². The highest BCUT2D eigenvalue weighted by Gasteiger charge is 2.39. The number of hydrogen-bond acceptors (Lipinski definition) is 2. The molecule has 0 aliphatic carbocycles. The predicted molar refractivity (Wildman–Crippen MR) is 60.5 cm³/mol. The Morgan fingerprint density at radius 1 is 1.00 bits per heavy atom. The monoisotopic (exact) mass is 225 g/mol. The highest BCUT2D eigenvalue weighted by molar-refractivity contribution is 7.76. The van der Waals surface area contributed by atoms with Crippen LogP contribution < -0.4 is 0 Å². The van der Waals surface area contributed by atoms with Crippen LogP contribution in [0.3, 0.4) is 0 Å². The van der Waals surface area contributed by atoms with Gasteiger partial charge in [-0.15, -0.1) is 0 Å². The maximum atomic E-state index is 12.3. The number of rotatable bonds is 2. The van der Waals surface area contributed by atoms with E-state index in [4.69, 9.17) is 0 Å². The van der Waals surface area contributed by atoms with E-state index in [1.807, 2.05) is 20.8 Å². The fourth-order valence-electron chi connectivity index (χ4n) is 0.845. The van der Waals surface area contributed by atoms with E-state index < -0.39 is 14.6 Å². The summed E-state index contributed by atoms with van der Waals surface area (Å²) in [5, 5.41) is -0.316. The van der Waals surface area contributed by atoms with Gasteiger partial charge in [0.25, 0.3) is 0 Å². The Labute approximate surface area is 81.7 Å². The molecular weight excluding hydrogens is 204 g/mol. The van der Waals surface area contributed by atoms with Gasteiger partial charge in [-0.3, -0.25) is 0 Å². The molecule has 0 N–H and O–H groups in total. The quantitative estimate of drug-likeness (QED) is 0.677. The van der Waals surface area contributed by atoms with E-state index in [0.717, 1.165) is 0 Å². The zero-order valence-electron chi connectivity index (χ0n) is 9.66. The highest BCUT2D eigenvalue weighted by Crippen LogP contribution is 2.66. The van der Waals surface area contributed by atoms with E-state index >= 15 is 0 Å². The third-order valence-electron chi connectivity index (χ3n) is 2.49. The Hall–Kier alpha value is 0.420. The van der Waals surface area contributed by atoms with E-state index in [9.17, 15) is 9.13 Å². The molecule has 0 radical (unpaired) electrons. The summed E-state index contributed by atoms with van der Waals surface area (Å²) < 4.78 is 25.7. The largest absolute Gasteiger partial charge is 0.307 e. The van der Waals surface area contributed by atoms with Crippen molar-refractivity contribution in [2.75, 3.05) is 27.0 Å². The van der Waals surface area contributed by atoms with Gasteiger partial charge in [-0.2, -0.15) is 0 Å². The Balaban J connectivity index is 5.10. The van der Waals surface area contributed by atoms with Gasteiger partial charge < -0.3 is 9.13 Å². The van der Waals surface area contributed by atoms with E-state index in [1.54, 1.807) is 31.5 Å². The van der Waals surface area contributed by atoms with Gasteiger partial charge in [0.1, 0.15) is 7.29 Å². The molecule has 0 aromatic rings. The van der Waals surface area contributed by atoms with Crippen LogP contribution >= 0.6 is 14.6 Å². The Morgan fingerprint density at radius 3 is 1.38 bits per heavy atom. The lowest BCUT2D eigenvalue weighted by molar-refractivity contribution is 0.504. The second-order valence-electron chi connectivity index (χ2n) is 4.83. The van der Waals surface area contributed by atoms with Crippen LogP contribution in [0.2, 0.25) is 0 Å². The van der Waals surface area contributed by atoms with Gasteiger partial charge in [0.15, 0.2) is 7.29 Å². The topological polar surface area (TPSA) is 37.4 Å². The summed E-state index contributed by atoms with van der Waals surface area (Å²) >= 11 is 0. The molecule has 0 bridgehead atoms. The third kappa shape index (κ3) is 2.94.